The van der Waals surface area contributed by atoms with E-state index in [2.05, 4.69) is 24.3 Å². The minimum absolute atomic E-state index is 0.0394. The van der Waals surface area contributed by atoms with Crippen molar-refractivity contribution in [3.63, 3.8) is 0 Å². The molecule has 1 aliphatic rings. The lowest BCUT2D eigenvalue weighted by Crippen LogP contribution is -2.17. The number of fused-ring (bicyclic) bond motifs is 1. The fourth-order valence-electron chi connectivity index (χ4n) is 1.68. The van der Waals surface area contributed by atoms with Gasteiger partial charge in [0.1, 0.15) is 0 Å². The molecule has 0 saturated carbocycles. The summed E-state index contributed by atoms with van der Waals surface area (Å²) in [7, 11) is 3.45. The molecule has 6 heteroatoms. The highest BCUT2D eigenvalue weighted by atomic mass is 35.6. The predicted octanol–water partition coefficient (Wildman–Crippen LogP) is 5.26. The Hall–Kier alpha value is -0.150. The number of hydrogen-bond donors (Lipinski definition) is 0. The summed E-state index contributed by atoms with van der Waals surface area (Å²) in [5.74, 6) is 0.132. The summed E-state index contributed by atoms with van der Waals surface area (Å²) in [6, 6.07) is 8.80. The van der Waals surface area contributed by atoms with E-state index in [-0.39, 0.29) is 11.8 Å². The summed E-state index contributed by atoms with van der Waals surface area (Å²) in [5, 5.41) is 0. The van der Waals surface area contributed by atoms with Crippen molar-refractivity contribution in [1.82, 2.24) is 4.90 Å². The van der Waals surface area contributed by atoms with E-state index in [0.29, 0.717) is 0 Å². The van der Waals surface area contributed by atoms with E-state index in [1.165, 1.54) is 37.5 Å². The van der Waals surface area contributed by atoms with Crippen molar-refractivity contribution in [3.05, 3.63) is 35.4 Å². The zero-order chi connectivity index (χ0) is 17.2. The molecule has 1 aromatic rings. The molecule has 1 amide bonds. The van der Waals surface area contributed by atoms with Crippen molar-refractivity contribution in [2.75, 3.05) is 20.0 Å². The van der Waals surface area contributed by atoms with E-state index in [0.717, 1.165) is 0 Å². The Morgan fingerprint density at radius 1 is 1.09 bits per heavy atom. The van der Waals surface area contributed by atoms with Gasteiger partial charge in [-0.25, -0.2) is 0 Å². The van der Waals surface area contributed by atoms with Crippen LogP contribution in [0.4, 0.5) is 0 Å². The van der Waals surface area contributed by atoms with Crippen LogP contribution >= 0.6 is 46.4 Å². The lowest BCUT2D eigenvalue weighted by atomic mass is 9.92. The van der Waals surface area contributed by atoms with Gasteiger partial charge in [0, 0.05) is 21.0 Å². The fraction of sp³-hybridized carbons (Fsp3) is 0.562. The quantitative estimate of drug-likeness (QED) is 0.557. The highest BCUT2D eigenvalue weighted by molar-refractivity contribution is 6.69. The number of carbonyl (C=O) groups is 1. The number of carbonyl (C=O) groups excluding carboxylic acids is 1. The SMILES string of the molecule is CC(=O)N(C)C.ClCC(Cl)(Cl)Cl.c1ccc2c(c1)CCCC2. The van der Waals surface area contributed by atoms with Crippen LogP contribution in [0.3, 0.4) is 0 Å². The van der Waals surface area contributed by atoms with E-state index in [1.807, 2.05) is 0 Å². The van der Waals surface area contributed by atoms with Crippen LogP contribution in [0.5, 0.6) is 0 Å². The Morgan fingerprint density at radius 2 is 1.41 bits per heavy atom. The second-order valence-corrected chi connectivity index (χ2v) is 7.92. The Bertz CT molecular complexity index is 419. The highest BCUT2D eigenvalue weighted by Gasteiger charge is 2.16. The number of alkyl halides is 4. The van der Waals surface area contributed by atoms with Gasteiger partial charge in [-0.05, 0) is 36.8 Å². The van der Waals surface area contributed by atoms with Crippen LogP contribution in [-0.2, 0) is 17.6 Å². The first-order chi connectivity index (χ1) is 10.2. The third kappa shape index (κ3) is 11.4. The molecule has 0 aliphatic heterocycles. The first-order valence-corrected chi connectivity index (χ1v) is 8.71. The number of aryl methyl sites for hydroxylation is 2. The molecule has 0 radical (unpaired) electrons. The Labute approximate surface area is 153 Å². The normalized spacial score (nSPS) is 12.9. The Morgan fingerprint density at radius 3 is 1.64 bits per heavy atom. The monoisotopic (exact) mass is 385 g/mol. The van der Waals surface area contributed by atoms with Crippen LogP contribution in [0.25, 0.3) is 0 Å². The Balaban J connectivity index is 0.000000324. The van der Waals surface area contributed by atoms with Crippen molar-refractivity contribution in [2.24, 2.45) is 0 Å². The average Bonchev–Trinajstić information content (AvgIpc) is 2.48. The van der Waals surface area contributed by atoms with Gasteiger partial charge in [0.2, 0.25) is 9.70 Å². The topological polar surface area (TPSA) is 20.3 Å². The van der Waals surface area contributed by atoms with Gasteiger partial charge in [0.25, 0.3) is 0 Å². The fourth-order valence-corrected chi connectivity index (χ4v) is 1.68. The third-order valence-electron chi connectivity index (χ3n) is 3.04. The lowest BCUT2D eigenvalue weighted by Gasteiger charge is -2.13. The largest absolute Gasteiger partial charge is 0.349 e. The summed E-state index contributed by atoms with van der Waals surface area (Å²) in [5.41, 5.74) is 3.16. The molecule has 0 bridgehead atoms. The zero-order valence-corrected chi connectivity index (χ0v) is 16.2. The number of halogens is 4. The summed E-state index contributed by atoms with van der Waals surface area (Å²) in [6.45, 7) is 1.53. The van der Waals surface area contributed by atoms with Crippen LogP contribution in [0.2, 0.25) is 0 Å². The molecule has 0 N–H and O–H groups in total. The lowest BCUT2D eigenvalue weighted by molar-refractivity contribution is -0.126. The van der Waals surface area contributed by atoms with E-state index >= 15 is 0 Å². The van der Waals surface area contributed by atoms with Crippen molar-refractivity contribution in [2.45, 2.75) is 36.4 Å². The third-order valence-corrected chi connectivity index (χ3v) is 4.25. The first kappa shape index (κ1) is 21.9. The minimum Gasteiger partial charge on any atom is -0.349 e. The van der Waals surface area contributed by atoms with Gasteiger partial charge in [0.15, 0.2) is 0 Å². The molecule has 22 heavy (non-hydrogen) atoms. The number of nitrogens with zero attached hydrogens (tertiary/aromatic N) is 1. The van der Waals surface area contributed by atoms with E-state index in [9.17, 15) is 4.79 Å². The molecule has 0 saturated heterocycles. The minimum atomic E-state index is -1.28. The van der Waals surface area contributed by atoms with Gasteiger partial charge in [-0.3, -0.25) is 4.79 Å². The molecule has 0 atom stereocenters. The molecule has 2 nitrogen and oxygen atoms in total. The molecule has 1 aromatic carbocycles. The van der Waals surface area contributed by atoms with Crippen LogP contribution in [-0.4, -0.2) is 34.6 Å². The van der Waals surface area contributed by atoms with E-state index in [4.69, 9.17) is 46.4 Å². The van der Waals surface area contributed by atoms with Gasteiger partial charge in [-0.1, -0.05) is 59.1 Å². The van der Waals surface area contributed by atoms with Gasteiger partial charge in [-0.2, -0.15) is 0 Å². The second-order valence-electron chi connectivity index (χ2n) is 5.14. The maximum absolute atomic E-state index is 10.1. The van der Waals surface area contributed by atoms with Crippen molar-refractivity contribution >= 4 is 52.3 Å². The molecule has 0 spiro atoms. The predicted molar refractivity (Wildman–Crippen MR) is 98.5 cm³/mol. The van der Waals surface area contributed by atoms with Crippen molar-refractivity contribution in [1.29, 1.82) is 0 Å². The standard InChI is InChI=1S/C10H12.C4H9NO.C2H2Cl4/c1-2-6-10-8-4-3-7-9(10)5-1;1-4(6)5(2)3;3-1-2(4,5)6/h1-2,5-6H,3-4,7-8H2;1-3H3;1H2. The van der Waals surface area contributed by atoms with E-state index in [1.54, 1.807) is 25.2 Å². The molecule has 0 aromatic heterocycles. The molecule has 0 unspecified atom stereocenters. The Kier molecular flexibility index (Phi) is 11.3. The molecule has 0 heterocycles. The highest BCUT2D eigenvalue weighted by Crippen LogP contribution is 2.26. The summed E-state index contributed by atoms with van der Waals surface area (Å²) >= 11 is 20.4. The average molecular weight is 387 g/mol. The first-order valence-electron chi connectivity index (χ1n) is 7.04. The van der Waals surface area contributed by atoms with Gasteiger partial charge < -0.3 is 4.90 Å². The van der Waals surface area contributed by atoms with Gasteiger partial charge in [0.05, 0.1) is 5.88 Å². The second kappa shape index (κ2) is 11.4. The molecule has 0 fully saturated rings. The van der Waals surface area contributed by atoms with Crippen molar-refractivity contribution in [3.8, 4) is 0 Å². The molecule has 1 aliphatic carbocycles. The molecular formula is C16H23Cl4NO. The van der Waals surface area contributed by atoms with Gasteiger partial charge >= 0.3 is 0 Å². The van der Waals surface area contributed by atoms with Crippen molar-refractivity contribution < 1.29 is 4.79 Å². The van der Waals surface area contributed by atoms with Crippen LogP contribution in [0.15, 0.2) is 24.3 Å². The smallest absolute Gasteiger partial charge is 0.218 e. The maximum atomic E-state index is 10.1. The molecule has 2 rings (SSSR count). The number of amides is 1. The van der Waals surface area contributed by atoms with Crippen LogP contribution in [0, 0.1) is 0 Å². The van der Waals surface area contributed by atoms with Gasteiger partial charge in [-0.15, -0.1) is 11.6 Å². The number of hydrogen-bond acceptors (Lipinski definition) is 1. The summed E-state index contributed by atoms with van der Waals surface area (Å²) in [6.07, 6.45) is 5.38. The summed E-state index contributed by atoms with van der Waals surface area (Å²) < 4.78 is -1.28. The summed E-state index contributed by atoms with van der Waals surface area (Å²) in [4.78, 5) is 11.6. The number of rotatable bonds is 0. The molecular weight excluding hydrogens is 364 g/mol. The van der Waals surface area contributed by atoms with Crippen LogP contribution in [0.1, 0.15) is 30.9 Å². The molecule has 126 valence electrons. The zero-order valence-electron chi connectivity index (χ0n) is 13.2. The number of benzene rings is 1. The van der Waals surface area contributed by atoms with E-state index < -0.39 is 3.79 Å². The maximum Gasteiger partial charge on any atom is 0.218 e. The van der Waals surface area contributed by atoms with Crippen LogP contribution < -0.4 is 0 Å².